The van der Waals surface area contributed by atoms with Crippen LogP contribution in [-0.2, 0) is 11.3 Å². The number of ether oxygens (including phenoxy) is 2. The third kappa shape index (κ3) is 4.98. The number of anilines is 2. The van der Waals surface area contributed by atoms with Gasteiger partial charge in [0.2, 0.25) is 0 Å². The van der Waals surface area contributed by atoms with Crippen LogP contribution in [0, 0.1) is 0 Å². The minimum atomic E-state index is 0.431. The molecule has 0 N–H and O–H groups in total. The molecule has 148 valence electrons. The van der Waals surface area contributed by atoms with Crippen molar-refractivity contribution in [2.45, 2.75) is 39.2 Å². The standard InChI is InChI=1S/C23H29N3O2/c1-4-5-6-9-16-28-17-22-24-21-11-8-7-10-20(21)23(25-22)26(2)18-12-14-19(27-3)15-13-18/h7-8,10-15H,4-6,9,16-17H2,1-3H3. The minimum Gasteiger partial charge on any atom is -0.497 e. The molecule has 5 heteroatoms. The highest BCUT2D eigenvalue weighted by molar-refractivity contribution is 5.91. The highest BCUT2D eigenvalue weighted by Gasteiger charge is 2.13. The summed E-state index contributed by atoms with van der Waals surface area (Å²) in [6.07, 6.45) is 4.78. The minimum absolute atomic E-state index is 0.431. The zero-order valence-electron chi connectivity index (χ0n) is 17.0. The van der Waals surface area contributed by atoms with Crippen molar-refractivity contribution in [3.05, 3.63) is 54.4 Å². The van der Waals surface area contributed by atoms with Crippen LogP contribution >= 0.6 is 0 Å². The van der Waals surface area contributed by atoms with E-state index in [2.05, 4.69) is 17.9 Å². The van der Waals surface area contributed by atoms with Gasteiger partial charge in [0.05, 0.1) is 12.6 Å². The van der Waals surface area contributed by atoms with Gasteiger partial charge in [0, 0.05) is 24.7 Å². The molecular weight excluding hydrogens is 350 g/mol. The maximum absolute atomic E-state index is 5.83. The Hall–Kier alpha value is -2.66. The Balaban J connectivity index is 1.81. The molecule has 0 aliphatic rings. The van der Waals surface area contributed by atoms with Gasteiger partial charge in [-0.3, -0.25) is 0 Å². The molecule has 0 bridgehead atoms. The van der Waals surface area contributed by atoms with Gasteiger partial charge in [-0.2, -0.15) is 0 Å². The fourth-order valence-electron chi connectivity index (χ4n) is 3.15. The summed E-state index contributed by atoms with van der Waals surface area (Å²) in [7, 11) is 3.69. The Labute approximate surface area is 167 Å². The summed E-state index contributed by atoms with van der Waals surface area (Å²) >= 11 is 0. The van der Waals surface area contributed by atoms with Gasteiger partial charge in [-0.25, -0.2) is 9.97 Å². The zero-order chi connectivity index (χ0) is 19.8. The third-order valence-corrected chi connectivity index (χ3v) is 4.78. The molecule has 0 radical (unpaired) electrons. The van der Waals surface area contributed by atoms with E-state index in [1.165, 1.54) is 19.3 Å². The molecule has 28 heavy (non-hydrogen) atoms. The predicted molar refractivity (Wildman–Crippen MR) is 114 cm³/mol. The van der Waals surface area contributed by atoms with Gasteiger partial charge in [-0.1, -0.05) is 38.3 Å². The summed E-state index contributed by atoms with van der Waals surface area (Å²) in [5.74, 6) is 2.42. The van der Waals surface area contributed by atoms with E-state index >= 15 is 0 Å². The Morgan fingerprint density at radius 3 is 2.46 bits per heavy atom. The maximum atomic E-state index is 5.83. The summed E-state index contributed by atoms with van der Waals surface area (Å²) in [5, 5.41) is 1.02. The predicted octanol–water partition coefficient (Wildman–Crippen LogP) is 5.50. The van der Waals surface area contributed by atoms with Crippen molar-refractivity contribution >= 4 is 22.4 Å². The van der Waals surface area contributed by atoms with E-state index < -0.39 is 0 Å². The molecule has 0 saturated carbocycles. The van der Waals surface area contributed by atoms with Gasteiger partial charge in [0.1, 0.15) is 18.2 Å². The van der Waals surface area contributed by atoms with Crippen LogP contribution in [-0.4, -0.2) is 30.7 Å². The summed E-state index contributed by atoms with van der Waals surface area (Å²) in [5.41, 5.74) is 1.97. The molecule has 0 fully saturated rings. The molecule has 0 atom stereocenters. The molecule has 5 nitrogen and oxygen atoms in total. The largest absolute Gasteiger partial charge is 0.497 e. The van der Waals surface area contributed by atoms with Gasteiger partial charge < -0.3 is 14.4 Å². The van der Waals surface area contributed by atoms with E-state index in [1.807, 2.05) is 49.5 Å². The van der Waals surface area contributed by atoms with Crippen molar-refractivity contribution in [2.24, 2.45) is 0 Å². The number of unbranched alkanes of at least 4 members (excludes halogenated alkanes) is 3. The van der Waals surface area contributed by atoms with Crippen LogP contribution in [0.15, 0.2) is 48.5 Å². The molecule has 1 aromatic heterocycles. The normalized spacial score (nSPS) is 11.0. The molecule has 3 aromatic rings. The molecule has 0 saturated heterocycles. The number of para-hydroxylation sites is 1. The highest BCUT2D eigenvalue weighted by Crippen LogP contribution is 2.29. The number of hydrogen-bond donors (Lipinski definition) is 0. The molecule has 0 aliphatic heterocycles. The average molecular weight is 380 g/mol. The average Bonchev–Trinajstić information content (AvgIpc) is 2.75. The van der Waals surface area contributed by atoms with Gasteiger partial charge in [0.15, 0.2) is 5.82 Å². The van der Waals surface area contributed by atoms with Crippen LogP contribution in [0.1, 0.15) is 38.4 Å². The molecule has 2 aromatic carbocycles. The second-order valence-corrected chi connectivity index (χ2v) is 6.85. The number of methoxy groups -OCH3 is 1. The quantitative estimate of drug-likeness (QED) is 0.435. The maximum Gasteiger partial charge on any atom is 0.157 e. The number of aromatic nitrogens is 2. The number of hydrogen-bond acceptors (Lipinski definition) is 5. The second-order valence-electron chi connectivity index (χ2n) is 6.85. The first-order valence-corrected chi connectivity index (χ1v) is 9.94. The molecule has 1 heterocycles. The van der Waals surface area contributed by atoms with Crippen molar-refractivity contribution < 1.29 is 9.47 Å². The zero-order valence-corrected chi connectivity index (χ0v) is 17.0. The topological polar surface area (TPSA) is 47.5 Å². The lowest BCUT2D eigenvalue weighted by molar-refractivity contribution is 0.112. The van der Waals surface area contributed by atoms with Crippen molar-refractivity contribution in [1.82, 2.24) is 9.97 Å². The lowest BCUT2D eigenvalue weighted by Crippen LogP contribution is -2.14. The lowest BCUT2D eigenvalue weighted by atomic mass is 10.2. The Kier molecular flexibility index (Phi) is 7.20. The van der Waals surface area contributed by atoms with Crippen LogP contribution in [0.25, 0.3) is 10.9 Å². The van der Waals surface area contributed by atoms with Crippen LogP contribution < -0.4 is 9.64 Å². The summed E-state index contributed by atoms with van der Waals surface area (Å²) < 4.78 is 11.1. The van der Waals surface area contributed by atoms with Crippen LogP contribution in [0.4, 0.5) is 11.5 Å². The van der Waals surface area contributed by atoms with E-state index in [0.717, 1.165) is 41.2 Å². The highest BCUT2D eigenvalue weighted by atomic mass is 16.5. The SMILES string of the molecule is CCCCCCOCc1nc(N(C)c2ccc(OC)cc2)c2ccccc2n1. The van der Waals surface area contributed by atoms with Crippen LogP contribution in [0.2, 0.25) is 0 Å². The Morgan fingerprint density at radius 1 is 0.929 bits per heavy atom. The molecular formula is C23H29N3O2. The van der Waals surface area contributed by atoms with Crippen molar-refractivity contribution in [1.29, 1.82) is 0 Å². The fourth-order valence-corrected chi connectivity index (χ4v) is 3.15. The van der Waals surface area contributed by atoms with Gasteiger partial charge in [0.25, 0.3) is 0 Å². The van der Waals surface area contributed by atoms with Crippen molar-refractivity contribution in [2.75, 3.05) is 25.7 Å². The molecule has 0 spiro atoms. The number of nitrogens with zero attached hydrogens (tertiary/aromatic N) is 3. The Morgan fingerprint density at radius 2 is 1.71 bits per heavy atom. The first kappa shape index (κ1) is 20.1. The first-order valence-electron chi connectivity index (χ1n) is 9.94. The van der Waals surface area contributed by atoms with Crippen molar-refractivity contribution in [3.8, 4) is 5.75 Å². The van der Waals surface area contributed by atoms with Crippen molar-refractivity contribution in [3.63, 3.8) is 0 Å². The van der Waals surface area contributed by atoms with E-state index in [1.54, 1.807) is 7.11 Å². The van der Waals surface area contributed by atoms with Gasteiger partial charge in [-0.05, 0) is 42.8 Å². The van der Waals surface area contributed by atoms with E-state index in [4.69, 9.17) is 19.4 Å². The first-order chi connectivity index (χ1) is 13.7. The van der Waals surface area contributed by atoms with Gasteiger partial charge in [-0.15, -0.1) is 0 Å². The summed E-state index contributed by atoms with van der Waals surface area (Å²) in [6.45, 7) is 3.39. The lowest BCUT2D eigenvalue weighted by Gasteiger charge is -2.21. The van der Waals surface area contributed by atoms with E-state index in [9.17, 15) is 0 Å². The van der Waals surface area contributed by atoms with Gasteiger partial charge >= 0.3 is 0 Å². The third-order valence-electron chi connectivity index (χ3n) is 4.78. The Bertz CT molecular complexity index is 881. The summed E-state index contributed by atoms with van der Waals surface area (Å²) in [4.78, 5) is 11.6. The summed E-state index contributed by atoms with van der Waals surface area (Å²) in [6, 6.07) is 16.1. The molecule has 3 rings (SSSR count). The van der Waals surface area contributed by atoms with E-state index in [-0.39, 0.29) is 0 Å². The fraction of sp³-hybridized carbons (Fsp3) is 0.391. The molecule has 0 amide bonds. The van der Waals surface area contributed by atoms with Crippen LogP contribution in [0.5, 0.6) is 5.75 Å². The number of rotatable bonds is 10. The molecule has 0 unspecified atom stereocenters. The monoisotopic (exact) mass is 379 g/mol. The van der Waals surface area contributed by atoms with E-state index in [0.29, 0.717) is 12.4 Å². The second kappa shape index (κ2) is 10.0. The number of fused-ring (bicyclic) bond motifs is 1. The molecule has 0 aliphatic carbocycles. The smallest absolute Gasteiger partial charge is 0.157 e. The number of benzene rings is 2. The van der Waals surface area contributed by atoms with Crippen LogP contribution in [0.3, 0.4) is 0 Å².